The Labute approximate surface area is 123 Å². The van der Waals surface area contributed by atoms with Gasteiger partial charge in [-0.05, 0) is 25.7 Å². The Kier molecular flexibility index (Phi) is 6.74. The van der Waals surface area contributed by atoms with Crippen molar-refractivity contribution in [2.75, 3.05) is 26.2 Å². The summed E-state index contributed by atoms with van der Waals surface area (Å²) in [6.45, 7) is 2.57. The number of nitrogens with one attached hydrogen (secondary N) is 2. The first kappa shape index (κ1) is 16.2. The minimum Gasteiger partial charge on any atom is -0.313 e. The highest BCUT2D eigenvalue weighted by atomic mass is 32.2. The molecule has 1 aliphatic heterocycles. The van der Waals surface area contributed by atoms with E-state index < -0.39 is 10.2 Å². The van der Waals surface area contributed by atoms with Crippen LogP contribution in [0.15, 0.2) is 0 Å². The van der Waals surface area contributed by atoms with Gasteiger partial charge in [-0.3, -0.25) is 0 Å². The molecule has 2 fully saturated rings. The molecule has 20 heavy (non-hydrogen) atoms. The van der Waals surface area contributed by atoms with E-state index >= 15 is 0 Å². The zero-order valence-electron chi connectivity index (χ0n) is 12.4. The number of rotatable bonds is 6. The van der Waals surface area contributed by atoms with E-state index in [1.165, 1.54) is 38.5 Å². The van der Waals surface area contributed by atoms with Crippen LogP contribution in [0, 0.1) is 0 Å². The number of hydrogen-bond acceptors (Lipinski definition) is 3. The van der Waals surface area contributed by atoms with Crippen LogP contribution in [-0.2, 0) is 10.2 Å². The molecule has 0 unspecified atom stereocenters. The van der Waals surface area contributed by atoms with Gasteiger partial charge in [0.25, 0.3) is 10.2 Å². The molecular formula is C14H29N3O2S. The number of nitrogens with zero attached hydrogens (tertiary/aromatic N) is 1. The van der Waals surface area contributed by atoms with Gasteiger partial charge in [-0.1, -0.05) is 32.1 Å². The van der Waals surface area contributed by atoms with Crippen molar-refractivity contribution in [2.45, 2.75) is 63.8 Å². The molecule has 6 heteroatoms. The fraction of sp³-hybridized carbons (Fsp3) is 1.00. The van der Waals surface area contributed by atoms with Crippen molar-refractivity contribution in [1.29, 1.82) is 0 Å². The smallest absolute Gasteiger partial charge is 0.279 e. The van der Waals surface area contributed by atoms with E-state index in [-0.39, 0.29) is 0 Å². The lowest BCUT2D eigenvalue weighted by Gasteiger charge is -2.26. The molecule has 1 aliphatic carbocycles. The maximum absolute atomic E-state index is 12.1. The van der Waals surface area contributed by atoms with Crippen molar-refractivity contribution in [2.24, 2.45) is 0 Å². The molecular weight excluding hydrogens is 274 g/mol. The molecule has 0 aromatic heterocycles. The molecule has 0 aromatic rings. The van der Waals surface area contributed by atoms with Crippen LogP contribution >= 0.6 is 0 Å². The lowest BCUT2D eigenvalue weighted by molar-refractivity contribution is 0.341. The monoisotopic (exact) mass is 303 g/mol. The minimum atomic E-state index is -3.25. The van der Waals surface area contributed by atoms with Gasteiger partial charge in [0.2, 0.25) is 0 Å². The molecule has 0 atom stereocenters. The van der Waals surface area contributed by atoms with Crippen LogP contribution < -0.4 is 10.0 Å². The summed E-state index contributed by atoms with van der Waals surface area (Å²) in [5, 5.41) is 3.49. The Hall–Kier alpha value is -0.170. The lowest BCUT2D eigenvalue weighted by atomic mass is 10.1. The van der Waals surface area contributed by atoms with Gasteiger partial charge in [0.15, 0.2) is 0 Å². The first-order chi connectivity index (χ1) is 9.68. The average molecular weight is 303 g/mol. The summed E-state index contributed by atoms with van der Waals surface area (Å²) in [6.07, 6.45) is 10.9. The van der Waals surface area contributed by atoms with Gasteiger partial charge < -0.3 is 5.32 Å². The SMILES string of the molecule is O=S(=O)(NCCNC1CCCCCC1)N1CCCCC1. The van der Waals surface area contributed by atoms with Crippen LogP contribution in [0.1, 0.15) is 57.8 Å². The predicted octanol–water partition coefficient (Wildman–Crippen LogP) is 1.62. The topological polar surface area (TPSA) is 61.4 Å². The average Bonchev–Trinajstić information content (AvgIpc) is 2.73. The quantitative estimate of drug-likeness (QED) is 0.579. The second kappa shape index (κ2) is 8.32. The van der Waals surface area contributed by atoms with Gasteiger partial charge in [-0.15, -0.1) is 0 Å². The molecule has 0 spiro atoms. The highest BCUT2D eigenvalue weighted by molar-refractivity contribution is 7.87. The number of piperidine rings is 1. The van der Waals surface area contributed by atoms with E-state index in [9.17, 15) is 8.42 Å². The first-order valence-corrected chi connectivity index (χ1v) is 9.60. The van der Waals surface area contributed by atoms with E-state index in [1.807, 2.05) is 0 Å². The second-order valence-corrected chi connectivity index (χ2v) is 7.76. The van der Waals surface area contributed by atoms with Crippen molar-refractivity contribution in [3.63, 3.8) is 0 Å². The Morgan fingerprint density at radius 1 is 0.850 bits per heavy atom. The van der Waals surface area contributed by atoms with Crippen molar-refractivity contribution in [1.82, 2.24) is 14.3 Å². The van der Waals surface area contributed by atoms with Crippen LogP contribution in [0.3, 0.4) is 0 Å². The Balaban J connectivity index is 1.64. The largest absolute Gasteiger partial charge is 0.313 e. The minimum absolute atomic E-state index is 0.495. The van der Waals surface area contributed by atoms with Gasteiger partial charge in [0, 0.05) is 32.2 Å². The van der Waals surface area contributed by atoms with Crippen molar-refractivity contribution in [3.05, 3.63) is 0 Å². The maximum Gasteiger partial charge on any atom is 0.279 e. The van der Waals surface area contributed by atoms with Crippen LogP contribution in [-0.4, -0.2) is 44.9 Å². The maximum atomic E-state index is 12.1. The molecule has 5 nitrogen and oxygen atoms in total. The van der Waals surface area contributed by atoms with Gasteiger partial charge >= 0.3 is 0 Å². The van der Waals surface area contributed by atoms with Crippen molar-refractivity contribution in [3.8, 4) is 0 Å². The second-order valence-electron chi connectivity index (χ2n) is 6.00. The summed E-state index contributed by atoms with van der Waals surface area (Å²) in [5.41, 5.74) is 0. The molecule has 0 amide bonds. The summed E-state index contributed by atoms with van der Waals surface area (Å²) in [5.74, 6) is 0. The summed E-state index contributed by atoms with van der Waals surface area (Å²) in [6, 6.07) is 0.581. The van der Waals surface area contributed by atoms with E-state index in [0.29, 0.717) is 25.7 Å². The van der Waals surface area contributed by atoms with E-state index in [1.54, 1.807) is 4.31 Å². The molecule has 0 radical (unpaired) electrons. The third-order valence-corrected chi connectivity index (χ3v) is 5.97. The van der Waals surface area contributed by atoms with E-state index in [4.69, 9.17) is 0 Å². The molecule has 1 heterocycles. The Bertz CT molecular complexity index is 359. The van der Waals surface area contributed by atoms with Crippen LogP contribution in [0.2, 0.25) is 0 Å². The molecule has 0 aromatic carbocycles. The number of hydrogen-bond donors (Lipinski definition) is 2. The molecule has 118 valence electrons. The van der Waals surface area contributed by atoms with Gasteiger partial charge in [-0.2, -0.15) is 12.7 Å². The highest BCUT2D eigenvalue weighted by Gasteiger charge is 2.23. The zero-order chi connectivity index (χ0) is 14.3. The third kappa shape index (κ3) is 5.31. The van der Waals surface area contributed by atoms with Gasteiger partial charge in [-0.25, -0.2) is 4.72 Å². The Morgan fingerprint density at radius 3 is 2.10 bits per heavy atom. The summed E-state index contributed by atoms with van der Waals surface area (Å²) < 4.78 is 28.5. The zero-order valence-corrected chi connectivity index (χ0v) is 13.3. The first-order valence-electron chi connectivity index (χ1n) is 8.16. The third-order valence-electron chi connectivity index (χ3n) is 4.35. The highest BCUT2D eigenvalue weighted by Crippen LogP contribution is 2.17. The summed E-state index contributed by atoms with van der Waals surface area (Å²) in [7, 11) is -3.25. The normalized spacial score (nSPS) is 23.6. The molecule has 1 saturated heterocycles. The molecule has 2 N–H and O–H groups in total. The van der Waals surface area contributed by atoms with Gasteiger partial charge in [0.1, 0.15) is 0 Å². The van der Waals surface area contributed by atoms with E-state index in [0.717, 1.165) is 25.8 Å². The van der Waals surface area contributed by atoms with Crippen LogP contribution in [0.25, 0.3) is 0 Å². The fourth-order valence-corrected chi connectivity index (χ4v) is 4.42. The fourth-order valence-electron chi connectivity index (χ4n) is 3.14. The van der Waals surface area contributed by atoms with E-state index in [2.05, 4.69) is 10.0 Å². The molecule has 0 bridgehead atoms. The standard InChI is InChI=1S/C14H29N3O2S/c18-20(19,17-12-6-3-7-13-17)16-11-10-15-14-8-4-1-2-5-9-14/h14-16H,1-13H2. The van der Waals surface area contributed by atoms with Crippen LogP contribution in [0.4, 0.5) is 0 Å². The lowest BCUT2D eigenvalue weighted by Crippen LogP contribution is -2.45. The van der Waals surface area contributed by atoms with Crippen molar-refractivity contribution >= 4 is 10.2 Å². The summed E-state index contributed by atoms with van der Waals surface area (Å²) >= 11 is 0. The molecule has 2 rings (SSSR count). The predicted molar refractivity (Wildman–Crippen MR) is 81.8 cm³/mol. The molecule has 1 saturated carbocycles. The Morgan fingerprint density at radius 2 is 1.45 bits per heavy atom. The summed E-state index contributed by atoms with van der Waals surface area (Å²) in [4.78, 5) is 0. The van der Waals surface area contributed by atoms with Crippen molar-refractivity contribution < 1.29 is 8.42 Å². The molecule has 2 aliphatic rings. The van der Waals surface area contributed by atoms with Crippen LogP contribution in [0.5, 0.6) is 0 Å². The van der Waals surface area contributed by atoms with Gasteiger partial charge in [0.05, 0.1) is 0 Å².